The van der Waals surface area contributed by atoms with Gasteiger partial charge in [0.1, 0.15) is 5.82 Å². The van der Waals surface area contributed by atoms with Crippen molar-refractivity contribution in [1.82, 2.24) is 49.4 Å². The van der Waals surface area contributed by atoms with Crippen LogP contribution in [0.25, 0.3) is 22.6 Å². The molecule has 1 unspecified atom stereocenters. The van der Waals surface area contributed by atoms with Crippen LogP contribution in [-0.2, 0) is 0 Å². The molecule has 7 heterocycles. The van der Waals surface area contributed by atoms with Crippen LogP contribution in [-0.4, -0.2) is 73.2 Å². The number of piperidine rings is 1. The Hall–Kier alpha value is -5.14. The first-order valence-electron chi connectivity index (χ1n) is 13.5. The lowest BCUT2D eigenvalue weighted by Gasteiger charge is -2.38. The molecule has 1 amide bonds. The number of nitrogen functional groups attached to an aromatic ring is 2. The summed E-state index contributed by atoms with van der Waals surface area (Å²) in [6, 6.07) is 3.77. The molecule has 0 aliphatic carbocycles. The fourth-order valence-electron chi connectivity index (χ4n) is 6.34. The molecular formula is C27H28N12O2. The summed E-state index contributed by atoms with van der Waals surface area (Å²) in [6.45, 7) is 3.47. The van der Waals surface area contributed by atoms with Crippen molar-refractivity contribution in [1.29, 1.82) is 0 Å². The Balaban J connectivity index is 1.25. The maximum absolute atomic E-state index is 13.2. The van der Waals surface area contributed by atoms with Gasteiger partial charge in [-0.3, -0.25) is 9.59 Å². The first-order valence-corrected chi connectivity index (χ1v) is 13.5. The van der Waals surface area contributed by atoms with E-state index in [1.165, 1.54) is 11.4 Å². The highest BCUT2D eigenvalue weighted by Crippen LogP contribution is 2.45. The second-order valence-electron chi connectivity index (χ2n) is 10.8. The van der Waals surface area contributed by atoms with Gasteiger partial charge >= 0.3 is 0 Å². The predicted octanol–water partition coefficient (Wildman–Crippen LogP) is 2.32. The minimum Gasteiger partial charge on any atom is -0.383 e. The van der Waals surface area contributed by atoms with E-state index >= 15 is 0 Å². The maximum atomic E-state index is 13.2. The SMILES string of the molecule is CC(=O)c1c([C@@H]2CC3CC[C@@H](C2)N3C(=O)c2nnc(N)[nH]2)nc2c(-c3ccc(-n4cc(C)cn4)nc3)cnn2c1N. The molecule has 0 spiro atoms. The number of nitrogens with two attached hydrogens (primary N) is 2. The topological polar surface area (TPSA) is 192 Å². The molecule has 41 heavy (non-hydrogen) atoms. The largest absolute Gasteiger partial charge is 0.383 e. The third-order valence-corrected chi connectivity index (χ3v) is 8.13. The van der Waals surface area contributed by atoms with Gasteiger partial charge in [-0.2, -0.15) is 14.7 Å². The molecule has 0 saturated carbocycles. The second kappa shape index (κ2) is 9.21. The standard InChI is InChI=1S/C27H28N12O2/c1-13-9-31-37(12-13)20-6-3-15(10-30-20)19-11-32-39-23(28)21(14(2)40)22(33-25(19)39)16-7-17-4-5-18(8-16)38(17)26(41)24-34-27(29)36-35-24/h3,6,9-12,16-18H,4-5,7-8,28H2,1-2H3,(H3,29,34,35,36)/t16-,17-,18?/m0/s1. The van der Waals surface area contributed by atoms with Gasteiger partial charge in [0.15, 0.2) is 17.2 Å². The van der Waals surface area contributed by atoms with Crippen LogP contribution in [0.15, 0.2) is 36.9 Å². The molecule has 0 aromatic carbocycles. The lowest BCUT2D eigenvalue weighted by Crippen LogP contribution is -2.46. The number of amides is 1. The number of aryl methyl sites for hydroxylation is 1. The number of carbonyl (C=O) groups is 2. The highest BCUT2D eigenvalue weighted by molar-refractivity contribution is 6.00. The van der Waals surface area contributed by atoms with Crippen molar-refractivity contribution in [3.05, 3.63) is 59.6 Å². The monoisotopic (exact) mass is 552 g/mol. The highest BCUT2D eigenvalue weighted by Gasteiger charge is 2.46. The van der Waals surface area contributed by atoms with Gasteiger partial charge in [-0.05, 0) is 57.2 Å². The summed E-state index contributed by atoms with van der Waals surface area (Å²) in [7, 11) is 0. The fraction of sp³-hybridized carbons (Fsp3) is 0.333. The summed E-state index contributed by atoms with van der Waals surface area (Å²) >= 11 is 0. The molecule has 14 heteroatoms. The second-order valence-corrected chi connectivity index (χ2v) is 10.8. The number of hydrogen-bond acceptors (Lipinski definition) is 10. The average Bonchev–Trinajstić information content (AvgIpc) is 3.74. The quantitative estimate of drug-likeness (QED) is 0.273. The summed E-state index contributed by atoms with van der Waals surface area (Å²) in [5.74, 6) is 0.735. The van der Waals surface area contributed by atoms with E-state index in [0.29, 0.717) is 35.6 Å². The molecule has 2 bridgehead atoms. The van der Waals surface area contributed by atoms with Crippen molar-refractivity contribution in [3.8, 4) is 16.9 Å². The number of hydrogen-bond donors (Lipinski definition) is 3. The molecule has 5 aromatic heterocycles. The van der Waals surface area contributed by atoms with Gasteiger partial charge in [0.05, 0.1) is 23.7 Å². The van der Waals surface area contributed by atoms with Crippen molar-refractivity contribution < 1.29 is 9.59 Å². The lowest BCUT2D eigenvalue weighted by molar-refractivity contribution is 0.0556. The Morgan fingerprint density at radius 1 is 1.02 bits per heavy atom. The summed E-state index contributed by atoms with van der Waals surface area (Å²) in [5.41, 5.74) is 16.4. The highest BCUT2D eigenvalue weighted by atomic mass is 16.2. The Morgan fingerprint density at radius 2 is 1.80 bits per heavy atom. The average molecular weight is 553 g/mol. The zero-order valence-corrected chi connectivity index (χ0v) is 22.5. The van der Waals surface area contributed by atoms with Crippen LogP contribution < -0.4 is 11.5 Å². The van der Waals surface area contributed by atoms with Crippen LogP contribution in [0.5, 0.6) is 0 Å². The van der Waals surface area contributed by atoms with Gasteiger partial charge in [0.2, 0.25) is 11.8 Å². The van der Waals surface area contributed by atoms with E-state index in [1.807, 2.05) is 30.2 Å². The number of Topliss-reactive ketones (excluding diaryl/α,β-unsaturated/α-hetero) is 1. The van der Waals surface area contributed by atoms with Gasteiger partial charge in [0, 0.05) is 41.5 Å². The number of aromatic amines is 1. The van der Waals surface area contributed by atoms with Crippen LogP contribution in [0.2, 0.25) is 0 Å². The molecule has 3 atom stereocenters. The molecule has 5 N–H and O–H groups in total. The normalized spacial score (nSPS) is 20.1. The van der Waals surface area contributed by atoms with Crippen LogP contribution in [0, 0.1) is 6.92 Å². The Labute approximate surface area is 233 Å². The van der Waals surface area contributed by atoms with E-state index in [4.69, 9.17) is 16.5 Å². The smallest absolute Gasteiger partial charge is 0.292 e. The first kappa shape index (κ1) is 24.9. The van der Waals surface area contributed by atoms with Crippen LogP contribution in [0.1, 0.15) is 70.8 Å². The van der Waals surface area contributed by atoms with Crippen molar-refractivity contribution in [3.63, 3.8) is 0 Å². The van der Waals surface area contributed by atoms with Gasteiger partial charge in [-0.15, -0.1) is 10.2 Å². The van der Waals surface area contributed by atoms with E-state index in [-0.39, 0.29) is 47.3 Å². The number of nitrogens with zero attached hydrogens (tertiary/aromatic N) is 9. The van der Waals surface area contributed by atoms with E-state index in [1.54, 1.807) is 23.3 Å². The first-order chi connectivity index (χ1) is 19.8. The third-order valence-electron chi connectivity index (χ3n) is 8.13. The molecule has 2 saturated heterocycles. The van der Waals surface area contributed by atoms with Crippen LogP contribution in [0.4, 0.5) is 11.8 Å². The molecule has 2 aliphatic heterocycles. The number of H-pyrrole nitrogens is 1. The maximum Gasteiger partial charge on any atom is 0.292 e. The molecule has 0 radical (unpaired) electrons. The van der Waals surface area contributed by atoms with Crippen LogP contribution >= 0.6 is 0 Å². The number of carbonyl (C=O) groups excluding carboxylic acids is 2. The Bertz CT molecular complexity index is 1800. The van der Waals surface area contributed by atoms with Crippen molar-refractivity contribution in [2.24, 2.45) is 0 Å². The number of fused-ring (bicyclic) bond motifs is 3. The van der Waals surface area contributed by atoms with Crippen molar-refractivity contribution in [2.75, 3.05) is 11.5 Å². The summed E-state index contributed by atoms with van der Waals surface area (Å²) in [6.07, 6.45) is 10.1. The Morgan fingerprint density at radius 3 is 2.41 bits per heavy atom. The van der Waals surface area contributed by atoms with Gasteiger partial charge in [0.25, 0.3) is 5.91 Å². The molecule has 7 rings (SSSR count). The molecule has 5 aromatic rings. The van der Waals surface area contributed by atoms with Gasteiger partial charge in [-0.25, -0.2) is 14.6 Å². The molecule has 2 fully saturated rings. The van der Waals surface area contributed by atoms with Crippen LogP contribution in [0.3, 0.4) is 0 Å². The predicted molar refractivity (Wildman–Crippen MR) is 148 cm³/mol. The minimum absolute atomic E-state index is 0.0244. The Kier molecular flexibility index (Phi) is 5.59. The summed E-state index contributed by atoms with van der Waals surface area (Å²) in [4.78, 5) is 40.3. The van der Waals surface area contributed by atoms with E-state index in [9.17, 15) is 9.59 Å². The number of anilines is 2. The number of nitrogens with one attached hydrogen (secondary N) is 1. The molecule has 14 nitrogen and oxygen atoms in total. The lowest BCUT2D eigenvalue weighted by atomic mass is 9.85. The van der Waals surface area contributed by atoms with E-state index in [2.05, 4.69) is 30.4 Å². The minimum atomic E-state index is -0.214. The molecule has 2 aliphatic rings. The fourth-order valence-corrected chi connectivity index (χ4v) is 6.34. The molecule has 208 valence electrons. The van der Waals surface area contributed by atoms with E-state index in [0.717, 1.165) is 29.5 Å². The summed E-state index contributed by atoms with van der Waals surface area (Å²) < 4.78 is 3.23. The number of pyridine rings is 1. The van der Waals surface area contributed by atoms with Gasteiger partial charge in [-0.1, -0.05) is 0 Å². The summed E-state index contributed by atoms with van der Waals surface area (Å²) in [5, 5.41) is 16.4. The van der Waals surface area contributed by atoms with Crippen molar-refractivity contribution in [2.45, 2.75) is 57.5 Å². The number of ketones is 1. The zero-order chi connectivity index (χ0) is 28.4. The van der Waals surface area contributed by atoms with Gasteiger partial charge < -0.3 is 21.4 Å². The van der Waals surface area contributed by atoms with E-state index < -0.39 is 0 Å². The molecular weight excluding hydrogens is 524 g/mol. The number of rotatable bonds is 5. The third kappa shape index (κ3) is 4.01. The number of aromatic nitrogens is 9. The van der Waals surface area contributed by atoms with Crippen molar-refractivity contribution >= 4 is 29.1 Å². The zero-order valence-electron chi connectivity index (χ0n) is 22.5.